The molecule has 0 fully saturated rings. The highest BCUT2D eigenvalue weighted by molar-refractivity contribution is 5.94. The summed E-state index contributed by atoms with van der Waals surface area (Å²) in [6, 6.07) is 3.90. The molecule has 0 spiro atoms. The third kappa shape index (κ3) is 4.42. The zero-order chi connectivity index (χ0) is 15.5. The van der Waals surface area contributed by atoms with Crippen molar-refractivity contribution in [3.63, 3.8) is 0 Å². The molecule has 0 amide bonds. The van der Waals surface area contributed by atoms with E-state index in [0.717, 1.165) is 0 Å². The van der Waals surface area contributed by atoms with Crippen LogP contribution in [0.15, 0.2) is 30.4 Å². The summed E-state index contributed by atoms with van der Waals surface area (Å²) in [5, 5.41) is 9.69. The minimum atomic E-state index is -0.691. The van der Waals surface area contributed by atoms with E-state index in [-0.39, 0.29) is 22.6 Å². The number of carbonyl (C=O) groups is 2. The first-order valence-corrected chi connectivity index (χ1v) is 6.04. The Kier molecular flexibility index (Phi) is 4.55. The molecule has 0 aliphatic heterocycles. The van der Waals surface area contributed by atoms with Crippen LogP contribution >= 0.6 is 0 Å². The highest BCUT2D eigenvalue weighted by Crippen LogP contribution is 2.25. The minimum absolute atomic E-state index is 0.0630. The van der Waals surface area contributed by atoms with Crippen molar-refractivity contribution >= 4 is 11.9 Å². The van der Waals surface area contributed by atoms with Crippen molar-refractivity contribution in [2.45, 2.75) is 33.3 Å². The Morgan fingerprint density at radius 3 is 2.35 bits per heavy atom. The van der Waals surface area contributed by atoms with Crippen LogP contribution in [0.1, 0.15) is 38.1 Å². The number of hydrogen-bond donors (Lipinski definition) is 1. The second-order valence-corrected chi connectivity index (χ2v) is 5.35. The van der Waals surface area contributed by atoms with Gasteiger partial charge in [-0.25, -0.2) is 9.59 Å². The fourth-order valence-corrected chi connectivity index (χ4v) is 1.27. The van der Waals surface area contributed by atoms with Crippen LogP contribution in [0.3, 0.4) is 0 Å². The number of phenolic OH excluding ortho intramolecular Hbond substituents is 1. The molecular weight excluding hydrogens is 260 g/mol. The van der Waals surface area contributed by atoms with Gasteiger partial charge in [0.1, 0.15) is 22.7 Å². The molecule has 0 bridgehead atoms. The van der Waals surface area contributed by atoms with Gasteiger partial charge in [-0.1, -0.05) is 6.58 Å². The third-order valence-electron chi connectivity index (χ3n) is 2.15. The van der Waals surface area contributed by atoms with Crippen LogP contribution in [0.25, 0.3) is 0 Å². The van der Waals surface area contributed by atoms with Crippen LogP contribution in [0, 0.1) is 0 Å². The van der Waals surface area contributed by atoms with Gasteiger partial charge >= 0.3 is 11.9 Å². The molecule has 0 heterocycles. The summed E-state index contributed by atoms with van der Waals surface area (Å²) in [4.78, 5) is 23.3. The van der Waals surface area contributed by atoms with Gasteiger partial charge in [-0.05, 0) is 45.9 Å². The van der Waals surface area contributed by atoms with Gasteiger partial charge in [0.25, 0.3) is 0 Å². The maximum absolute atomic E-state index is 11.9. The second-order valence-electron chi connectivity index (χ2n) is 5.35. The monoisotopic (exact) mass is 278 g/mol. The van der Waals surface area contributed by atoms with E-state index < -0.39 is 17.5 Å². The van der Waals surface area contributed by atoms with E-state index in [1.165, 1.54) is 25.1 Å². The van der Waals surface area contributed by atoms with Crippen molar-refractivity contribution < 1.29 is 24.2 Å². The third-order valence-corrected chi connectivity index (χ3v) is 2.15. The summed E-state index contributed by atoms with van der Waals surface area (Å²) in [6.07, 6.45) is 0. The minimum Gasteiger partial charge on any atom is -0.507 e. The van der Waals surface area contributed by atoms with Crippen molar-refractivity contribution in [2.24, 2.45) is 0 Å². The summed E-state index contributed by atoms with van der Waals surface area (Å²) in [6.45, 7) is 10.1. The maximum atomic E-state index is 11.9. The lowest BCUT2D eigenvalue weighted by Crippen LogP contribution is -2.24. The number of ether oxygens (including phenoxy) is 2. The van der Waals surface area contributed by atoms with Gasteiger partial charge in [0.05, 0.1) is 0 Å². The SMILES string of the molecule is C=C(C)C(=O)Oc1ccc(O)c(C(=O)OC(C)(C)C)c1. The van der Waals surface area contributed by atoms with E-state index in [4.69, 9.17) is 9.47 Å². The molecule has 0 aromatic heterocycles. The summed E-state index contributed by atoms with van der Waals surface area (Å²) in [7, 11) is 0. The van der Waals surface area contributed by atoms with Gasteiger partial charge < -0.3 is 14.6 Å². The van der Waals surface area contributed by atoms with Crippen LogP contribution in [0.5, 0.6) is 11.5 Å². The Bertz CT molecular complexity index is 552. The fraction of sp³-hybridized carbons (Fsp3) is 0.333. The normalized spacial score (nSPS) is 10.8. The number of carbonyl (C=O) groups excluding carboxylic acids is 2. The standard InChI is InChI=1S/C15H18O5/c1-9(2)13(17)19-10-6-7-12(16)11(8-10)14(18)20-15(3,4)5/h6-8,16H,1H2,2-5H3. The van der Waals surface area contributed by atoms with Crippen LogP contribution in [-0.4, -0.2) is 22.6 Å². The summed E-state index contributed by atoms with van der Waals surface area (Å²) >= 11 is 0. The Labute approximate surface area is 117 Å². The molecule has 0 saturated heterocycles. The lowest BCUT2D eigenvalue weighted by molar-refractivity contribution is -0.130. The van der Waals surface area contributed by atoms with Crippen molar-refractivity contribution in [1.82, 2.24) is 0 Å². The predicted octanol–water partition coefficient (Wildman–Crippen LogP) is 2.83. The number of benzene rings is 1. The van der Waals surface area contributed by atoms with Crippen LogP contribution in [0.4, 0.5) is 0 Å². The molecule has 5 heteroatoms. The van der Waals surface area contributed by atoms with Crippen LogP contribution < -0.4 is 4.74 Å². The Morgan fingerprint density at radius 2 is 1.85 bits per heavy atom. The van der Waals surface area contributed by atoms with Gasteiger partial charge in [0.2, 0.25) is 0 Å². The lowest BCUT2D eigenvalue weighted by Gasteiger charge is -2.20. The van der Waals surface area contributed by atoms with Crippen LogP contribution in [-0.2, 0) is 9.53 Å². The quantitative estimate of drug-likeness (QED) is 0.523. The average molecular weight is 278 g/mol. The smallest absolute Gasteiger partial charge is 0.342 e. The van der Waals surface area contributed by atoms with E-state index in [1.807, 2.05) is 0 Å². The van der Waals surface area contributed by atoms with Crippen molar-refractivity contribution in [1.29, 1.82) is 0 Å². The first-order valence-electron chi connectivity index (χ1n) is 6.04. The molecule has 0 aliphatic carbocycles. The maximum Gasteiger partial charge on any atom is 0.342 e. The van der Waals surface area contributed by atoms with Gasteiger partial charge in [0.15, 0.2) is 0 Å². The molecule has 5 nitrogen and oxygen atoms in total. The van der Waals surface area contributed by atoms with E-state index >= 15 is 0 Å². The second kappa shape index (κ2) is 5.77. The molecule has 0 aliphatic rings. The van der Waals surface area contributed by atoms with Crippen molar-refractivity contribution in [3.8, 4) is 11.5 Å². The molecule has 0 saturated carbocycles. The zero-order valence-corrected chi connectivity index (χ0v) is 12.0. The average Bonchev–Trinajstić information content (AvgIpc) is 2.29. The first kappa shape index (κ1) is 15.8. The number of phenols is 1. The number of esters is 2. The highest BCUT2D eigenvalue weighted by Gasteiger charge is 2.21. The summed E-state index contributed by atoms with van der Waals surface area (Å²) < 4.78 is 10.1. The zero-order valence-electron chi connectivity index (χ0n) is 12.0. The van der Waals surface area contributed by atoms with Gasteiger partial charge in [-0.3, -0.25) is 0 Å². The molecular formula is C15H18O5. The number of rotatable bonds is 3. The molecule has 0 atom stereocenters. The largest absolute Gasteiger partial charge is 0.507 e. The van der Waals surface area contributed by atoms with Crippen LogP contribution in [0.2, 0.25) is 0 Å². The Morgan fingerprint density at radius 1 is 1.25 bits per heavy atom. The van der Waals surface area contributed by atoms with Crippen molar-refractivity contribution in [3.05, 3.63) is 35.9 Å². The van der Waals surface area contributed by atoms with Crippen molar-refractivity contribution in [2.75, 3.05) is 0 Å². The predicted molar refractivity (Wildman–Crippen MR) is 73.7 cm³/mol. The fourth-order valence-electron chi connectivity index (χ4n) is 1.27. The van der Waals surface area contributed by atoms with Gasteiger partial charge in [-0.15, -0.1) is 0 Å². The van der Waals surface area contributed by atoms with E-state index in [0.29, 0.717) is 0 Å². The molecule has 108 valence electrons. The lowest BCUT2D eigenvalue weighted by atomic mass is 10.1. The Hall–Kier alpha value is -2.30. The number of aromatic hydroxyl groups is 1. The molecule has 1 aromatic carbocycles. The first-order chi connectivity index (χ1) is 9.10. The van der Waals surface area contributed by atoms with E-state index in [9.17, 15) is 14.7 Å². The van der Waals surface area contributed by atoms with Gasteiger partial charge in [-0.2, -0.15) is 0 Å². The molecule has 1 N–H and O–H groups in total. The molecule has 0 radical (unpaired) electrons. The molecule has 1 rings (SSSR count). The summed E-state index contributed by atoms with van der Waals surface area (Å²) in [5.74, 6) is -1.40. The Balaban J connectivity index is 3.00. The molecule has 0 unspecified atom stereocenters. The highest BCUT2D eigenvalue weighted by atomic mass is 16.6. The molecule has 1 aromatic rings. The van der Waals surface area contributed by atoms with E-state index in [1.54, 1.807) is 20.8 Å². The van der Waals surface area contributed by atoms with E-state index in [2.05, 4.69) is 6.58 Å². The topological polar surface area (TPSA) is 72.8 Å². The summed E-state index contributed by atoms with van der Waals surface area (Å²) in [5.41, 5.74) is -0.516. The molecule has 20 heavy (non-hydrogen) atoms. The van der Waals surface area contributed by atoms with Gasteiger partial charge in [0, 0.05) is 5.57 Å². The number of hydrogen-bond acceptors (Lipinski definition) is 5.